The van der Waals surface area contributed by atoms with Crippen molar-refractivity contribution in [3.63, 3.8) is 0 Å². The number of nitrogens with one attached hydrogen (secondary N) is 1. The number of pyridine rings is 1. The highest BCUT2D eigenvalue weighted by atomic mass is 35.5. The Bertz CT molecular complexity index is 531. The minimum absolute atomic E-state index is 0.652. The van der Waals surface area contributed by atoms with Crippen molar-refractivity contribution in [1.29, 1.82) is 0 Å². The van der Waals surface area contributed by atoms with Crippen LogP contribution in [0.1, 0.15) is 22.6 Å². The van der Waals surface area contributed by atoms with Gasteiger partial charge < -0.3 is 5.32 Å². The molecule has 4 nitrogen and oxygen atoms in total. The van der Waals surface area contributed by atoms with Crippen LogP contribution in [-0.2, 0) is 13.1 Å². The van der Waals surface area contributed by atoms with Crippen LogP contribution in [0.5, 0.6) is 0 Å². The van der Waals surface area contributed by atoms with Crippen LogP contribution in [0.2, 0.25) is 5.02 Å². The van der Waals surface area contributed by atoms with E-state index >= 15 is 0 Å². The van der Waals surface area contributed by atoms with Crippen LogP contribution < -0.4 is 5.32 Å². The maximum absolute atomic E-state index is 6.12. The number of nitrogens with zero attached hydrogens (tertiary/aromatic N) is 3. The predicted molar refractivity (Wildman–Crippen MR) is 72.8 cm³/mol. The van der Waals surface area contributed by atoms with Crippen LogP contribution in [0.3, 0.4) is 0 Å². The second-order valence-corrected chi connectivity index (χ2v) is 4.71. The van der Waals surface area contributed by atoms with Gasteiger partial charge in [-0.1, -0.05) is 17.7 Å². The van der Waals surface area contributed by atoms with Crippen molar-refractivity contribution in [1.82, 2.24) is 20.1 Å². The lowest BCUT2D eigenvalue weighted by Gasteiger charge is -2.05. The Balaban J connectivity index is 2.15. The fourth-order valence-corrected chi connectivity index (χ4v) is 1.98. The molecule has 2 heterocycles. The molecule has 0 bridgehead atoms. The van der Waals surface area contributed by atoms with Crippen LogP contribution in [0.15, 0.2) is 18.3 Å². The predicted octanol–water partition coefficient (Wildman–Crippen LogP) is 2.32. The van der Waals surface area contributed by atoms with Crippen LogP contribution in [-0.4, -0.2) is 21.8 Å². The SMILES string of the molecule is CNCc1ccc(Cn2nc(C)c(Cl)c2C)nc1. The van der Waals surface area contributed by atoms with E-state index < -0.39 is 0 Å². The second-order valence-electron chi connectivity index (χ2n) is 4.33. The highest BCUT2D eigenvalue weighted by Gasteiger charge is 2.09. The molecule has 5 heteroatoms. The maximum atomic E-state index is 6.12. The number of rotatable bonds is 4. The normalized spacial score (nSPS) is 10.9. The summed E-state index contributed by atoms with van der Waals surface area (Å²) in [6, 6.07) is 4.10. The average Bonchev–Trinajstić information content (AvgIpc) is 2.60. The molecular formula is C13H17ClN4. The zero-order valence-electron chi connectivity index (χ0n) is 10.9. The van der Waals surface area contributed by atoms with Gasteiger partial charge in [0.1, 0.15) is 0 Å². The molecular weight excluding hydrogens is 248 g/mol. The van der Waals surface area contributed by atoms with Gasteiger partial charge in [0.15, 0.2) is 0 Å². The summed E-state index contributed by atoms with van der Waals surface area (Å²) in [6.07, 6.45) is 1.89. The third-order valence-corrected chi connectivity index (χ3v) is 3.42. The molecule has 0 aliphatic carbocycles. The molecule has 0 saturated carbocycles. The number of hydrogen-bond donors (Lipinski definition) is 1. The minimum atomic E-state index is 0.652. The zero-order chi connectivity index (χ0) is 13.1. The van der Waals surface area contributed by atoms with Crippen LogP contribution in [0.25, 0.3) is 0 Å². The summed E-state index contributed by atoms with van der Waals surface area (Å²) in [5.41, 5.74) is 4.00. The van der Waals surface area contributed by atoms with E-state index in [1.807, 2.05) is 37.8 Å². The summed E-state index contributed by atoms with van der Waals surface area (Å²) in [5.74, 6) is 0. The van der Waals surface area contributed by atoms with Crippen LogP contribution in [0.4, 0.5) is 0 Å². The lowest BCUT2D eigenvalue weighted by Crippen LogP contribution is -2.08. The molecule has 96 valence electrons. The van der Waals surface area contributed by atoms with E-state index in [0.29, 0.717) is 6.54 Å². The minimum Gasteiger partial charge on any atom is -0.316 e. The van der Waals surface area contributed by atoms with E-state index in [4.69, 9.17) is 11.6 Å². The number of hydrogen-bond acceptors (Lipinski definition) is 3. The summed E-state index contributed by atoms with van der Waals surface area (Å²) in [6.45, 7) is 5.37. The lowest BCUT2D eigenvalue weighted by atomic mass is 10.2. The molecule has 2 aromatic rings. The van der Waals surface area contributed by atoms with Crippen molar-refractivity contribution < 1.29 is 0 Å². The first-order valence-electron chi connectivity index (χ1n) is 5.89. The van der Waals surface area contributed by atoms with Crippen molar-refractivity contribution in [2.75, 3.05) is 7.05 Å². The van der Waals surface area contributed by atoms with Gasteiger partial charge in [-0.3, -0.25) is 9.67 Å². The Morgan fingerprint density at radius 3 is 2.61 bits per heavy atom. The summed E-state index contributed by atoms with van der Waals surface area (Å²) in [5, 5.41) is 8.23. The molecule has 0 saturated heterocycles. The van der Waals surface area contributed by atoms with Gasteiger partial charge in [0.2, 0.25) is 0 Å². The molecule has 0 spiro atoms. The monoisotopic (exact) mass is 264 g/mol. The molecule has 0 fully saturated rings. The second kappa shape index (κ2) is 5.50. The zero-order valence-corrected chi connectivity index (χ0v) is 11.6. The van der Waals surface area contributed by atoms with Gasteiger partial charge in [0.25, 0.3) is 0 Å². The van der Waals surface area contributed by atoms with Crippen LogP contribution in [0, 0.1) is 13.8 Å². The fraction of sp³-hybridized carbons (Fsp3) is 0.385. The average molecular weight is 265 g/mol. The van der Waals surface area contributed by atoms with Crippen molar-refractivity contribution in [2.45, 2.75) is 26.9 Å². The summed E-state index contributed by atoms with van der Waals surface area (Å²) in [7, 11) is 1.92. The van der Waals surface area contributed by atoms with E-state index in [1.54, 1.807) is 0 Å². The van der Waals surface area contributed by atoms with Gasteiger partial charge >= 0.3 is 0 Å². The van der Waals surface area contributed by atoms with E-state index in [9.17, 15) is 0 Å². The Hall–Kier alpha value is -1.39. The topological polar surface area (TPSA) is 42.7 Å². The molecule has 0 atom stereocenters. The molecule has 0 aromatic carbocycles. The molecule has 0 aliphatic rings. The molecule has 0 aliphatic heterocycles. The lowest BCUT2D eigenvalue weighted by molar-refractivity contribution is 0.646. The standard InChI is InChI=1S/C13H17ClN4/c1-9-13(14)10(2)18(17-9)8-12-5-4-11(6-15-3)7-16-12/h4-5,7,15H,6,8H2,1-3H3. The Kier molecular flexibility index (Phi) is 3.99. The Labute approximate surface area is 112 Å². The maximum Gasteiger partial charge on any atom is 0.0844 e. The number of aromatic nitrogens is 3. The van der Waals surface area contributed by atoms with E-state index in [1.165, 1.54) is 5.56 Å². The molecule has 1 N–H and O–H groups in total. The molecule has 0 unspecified atom stereocenters. The van der Waals surface area contributed by atoms with Gasteiger partial charge in [-0.15, -0.1) is 0 Å². The molecule has 2 aromatic heterocycles. The first kappa shape index (κ1) is 13.1. The highest BCUT2D eigenvalue weighted by Crippen LogP contribution is 2.19. The van der Waals surface area contributed by atoms with Gasteiger partial charge in [-0.05, 0) is 32.5 Å². The van der Waals surface area contributed by atoms with Gasteiger partial charge in [0.05, 0.1) is 28.6 Å². The van der Waals surface area contributed by atoms with E-state index in [0.717, 1.165) is 28.6 Å². The Morgan fingerprint density at radius 1 is 1.33 bits per heavy atom. The van der Waals surface area contributed by atoms with Gasteiger partial charge in [-0.25, -0.2) is 0 Å². The molecule has 18 heavy (non-hydrogen) atoms. The first-order valence-corrected chi connectivity index (χ1v) is 6.27. The Morgan fingerprint density at radius 2 is 2.11 bits per heavy atom. The summed E-state index contributed by atoms with van der Waals surface area (Å²) < 4.78 is 1.89. The van der Waals surface area contributed by atoms with Crippen molar-refractivity contribution >= 4 is 11.6 Å². The molecule has 2 rings (SSSR count). The van der Waals surface area contributed by atoms with E-state index in [-0.39, 0.29) is 0 Å². The third kappa shape index (κ3) is 2.71. The van der Waals surface area contributed by atoms with E-state index in [2.05, 4.69) is 21.5 Å². The fourth-order valence-electron chi connectivity index (χ4n) is 1.84. The largest absolute Gasteiger partial charge is 0.316 e. The van der Waals surface area contributed by atoms with Crippen molar-refractivity contribution in [3.05, 3.63) is 46.0 Å². The summed E-state index contributed by atoms with van der Waals surface area (Å²) in [4.78, 5) is 4.43. The van der Waals surface area contributed by atoms with Crippen molar-refractivity contribution in [3.8, 4) is 0 Å². The third-order valence-electron chi connectivity index (χ3n) is 2.87. The highest BCUT2D eigenvalue weighted by molar-refractivity contribution is 6.31. The summed E-state index contributed by atoms with van der Waals surface area (Å²) >= 11 is 6.12. The van der Waals surface area contributed by atoms with Crippen LogP contribution >= 0.6 is 11.6 Å². The van der Waals surface area contributed by atoms with Gasteiger partial charge in [-0.2, -0.15) is 5.10 Å². The quantitative estimate of drug-likeness (QED) is 0.922. The van der Waals surface area contributed by atoms with Gasteiger partial charge in [0, 0.05) is 12.7 Å². The smallest absolute Gasteiger partial charge is 0.0844 e. The van der Waals surface area contributed by atoms with Crippen molar-refractivity contribution in [2.24, 2.45) is 0 Å². The molecule has 0 radical (unpaired) electrons. The number of halogens is 1. The number of aryl methyl sites for hydroxylation is 1. The molecule has 0 amide bonds. The first-order chi connectivity index (χ1) is 8.61.